The number of benzene rings is 1. The molecule has 2 aromatic rings. The van der Waals surface area contributed by atoms with Crippen LogP contribution < -0.4 is 5.32 Å². The number of carbonyl (C=O) groups excluding carboxylic acids is 1. The van der Waals surface area contributed by atoms with E-state index in [0.717, 1.165) is 0 Å². The van der Waals surface area contributed by atoms with Crippen molar-refractivity contribution in [2.24, 2.45) is 0 Å². The summed E-state index contributed by atoms with van der Waals surface area (Å²) in [4.78, 5) is 18.6. The number of pyridine rings is 1. The standard InChI is InChI=1S/C13H18ClNO.C10H14N2/c1-9(15-13(2,3)4)12(16)10-6-5-7-11(14)8-10;1-12-7-3-5-10(12)9-4-2-6-11-8-9/h5-9,15H,1-4H3;2,4,6,8,10H,3,5,7H2,1H3/t;10-/m.0/s1. The third-order valence-corrected chi connectivity index (χ3v) is 4.98. The molecule has 3 rings (SSSR count). The summed E-state index contributed by atoms with van der Waals surface area (Å²) < 4.78 is 0. The average Bonchev–Trinajstić information content (AvgIpc) is 3.07. The molecule has 0 spiro atoms. The molecule has 2 heterocycles. The van der Waals surface area contributed by atoms with Crippen LogP contribution in [0.4, 0.5) is 0 Å². The second-order valence-corrected chi connectivity index (χ2v) is 8.85. The summed E-state index contributed by atoms with van der Waals surface area (Å²) in [5.74, 6) is 0.0671. The minimum absolute atomic E-state index is 0.0671. The van der Waals surface area contributed by atoms with Gasteiger partial charge in [-0.05, 0) is 77.9 Å². The second kappa shape index (κ2) is 10.1. The molecule has 152 valence electrons. The van der Waals surface area contributed by atoms with E-state index in [1.54, 1.807) is 24.3 Å². The number of halogens is 1. The van der Waals surface area contributed by atoms with Crippen LogP contribution in [0.3, 0.4) is 0 Å². The lowest BCUT2D eigenvalue weighted by atomic mass is 10.0. The highest BCUT2D eigenvalue weighted by atomic mass is 35.5. The van der Waals surface area contributed by atoms with Gasteiger partial charge in [0.25, 0.3) is 0 Å². The molecular weight excluding hydrogens is 370 g/mol. The molecule has 1 saturated heterocycles. The van der Waals surface area contributed by atoms with Crippen LogP contribution in [0.5, 0.6) is 0 Å². The second-order valence-electron chi connectivity index (χ2n) is 8.42. The fourth-order valence-electron chi connectivity index (χ4n) is 3.51. The maximum absolute atomic E-state index is 12.1. The van der Waals surface area contributed by atoms with Crippen molar-refractivity contribution in [1.82, 2.24) is 15.2 Å². The summed E-state index contributed by atoms with van der Waals surface area (Å²) in [5, 5.41) is 3.84. The first kappa shape index (κ1) is 22.5. The Morgan fingerprint density at radius 3 is 2.57 bits per heavy atom. The molecule has 0 radical (unpaired) electrons. The summed E-state index contributed by atoms with van der Waals surface area (Å²) in [5.41, 5.74) is 1.93. The van der Waals surface area contributed by atoms with Crippen LogP contribution in [-0.2, 0) is 0 Å². The lowest BCUT2D eigenvalue weighted by molar-refractivity contribution is 0.0935. The highest BCUT2D eigenvalue weighted by Gasteiger charge is 2.22. The Hall–Kier alpha value is -1.75. The zero-order chi connectivity index (χ0) is 20.7. The highest BCUT2D eigenvalue weighted by Crippen LogP contribution is 2.29. The van der Waals surface area contributed by atoms with Crippen molar-refractivity contribution in [2.45, 2.75) is 58.2 Å². The number of aromatic nitrogens is 1. The topological polar surface area (TPSA) is 45.2 Å². The van der Waals surface area contributed by atoms with Gasteiger partial charge in [0.05, 0.1) is 6.04 Å². The Balaban J connectivity index is 0.000000207. The van der Waals surface area contributed by atoms with E-state index in [1.807, 2.05) is 46.2 Å². The zero-order valence-corrected chi connectivity index (χ0v) is 18.3. The fraction of sp³-hybridized carbons (Fsp3) is 0.478. The van der Waals surface area contributed by atoms with E-state index in [0.29, 0.717) is 16.6 Å². The Morgan fingerprint density at radius 1 is 1.29 bits per heavy atom. The highest BCUT2D eigenvalue weighted by molar-refractivity contribution is 6.31. The normalized spacial score (nSPS) is 18.3. The van der Waals surface area contributed by atoms with E-state index < -0.39 is 0 Å². The number of nitrogens with zero attached hydrogens (tertiary/aromatic N) is 2. The third-order valence-electron chi connectivity index (χ3n) is 4.74. The number of hydrogen-bond acceptors (Lipinski definition) is 4. The van der Waals surface area contributed by atoms with Gasteiger partial charge < -0.3 is 5.32 Å². The summed E-state index contributed by atoms with van der Waals surface area (Å²) in [6.07, 6.45) is 6.41. The van der Waals surface area contributed by atoms with Gasteiger partial charge in [-0.15, -0.1) is 0 Å². The molecule has 1 unspecified atom stereocenters. The summed E-state index contributed by atoms with van der Waals surface area (Å²) in [6, 6.07) is 11.6. The molecule has 1 N–H and O–H groups in total. The van der Waals surface area contributed by atoms with Crippen LogP contribution in [0.15, 0.2) is 48.8 Å². The van der Waals surface area contributed by atoms with Gasteiger partial charge in [-0.3, -0.25) is 14.7 Å². The van der Waals surface area contributed by atoms with Gasteiger partial charge in [0.15, 0.2) is 5.78 Å². The van der Waals surface area contributed by atoms with Crippen LogP contribution in [0.25, 0.3) is 0 Å². The molecule has 0 aliphatic carbocycles. The van der Waals surface area contributed by atoms with Crippen LogP contribution in [-0.4, -0.2) is 40.8 Å². The van der Waals surface area contributed by atoms with Crippen LogP contribution in [0.1, 0.15) is 62.5 Å². The van der Waals surface area contributed by atoms with E-state index in [-0.39, 0.29) is 17.4 Å². The number of ketones is 1. The Kier molecular flexibility index (Phi) is 8.17. The molecule has 1 aliphatic heterocycles. The first-order valence-corrected chi connectivity index (χ1v) is 10.2. The summed E-state index contributed by atoms with van der Waals surface area (Å²) in [6.45, 7) is 9.20. The van der Waals surface area contributed by atoms with E-state index in [2.05, 4.69) is 28.3 Å². The molecule has 1 aliphatic rings. The van der Waals surface area contributed by atoms with Crippen molar-refractivity contribution in [3.05, 3.63) is 64.9 Å². The minimum atomic E-state index is -0.210. The number of nitrogens with one attached hydrogen (secondary N) is 1. The predicted molar refractivity (Wildman–Crippen MR) is 117 cm³/mol. The molecule has 1 aromatic heterocycles. The van der Waals surface area contributed by atoms with Gasteiger partial charge in [0.1, 0.15) is 0 Å². The van der Waals surface area contributed by atoms with Gasteiger partial charge in [-0.2, -0.15) is 0 Å². The molecule has 0 saturated carbocycles. The SMILES string of the molecule is CC(NC(C)(C)C)C(=O)c1cccc(Cl)c1.CN1CCC[C@H]1c1cccnc1. The predicted octanol–water partition coefficient (Wildman–Crippen LogP) is 5.15. The van der Waals surface area contributed by atoms with Crippen molar-refractivity contribution >= 4 is 17.4 Å². The quantitative estimate of drug-likeness (QED) is 0.720. The maximum Gasteiger partial charge on any atom is 0.179 e. The number of rotatable bonds is 4. The van der Waals surface area contributed by atoms with Crippen LogP contribution in [0, 0.1) is 0 Å². The fourth-order valence-corrected chi connectivity index (χ4v) is 3.70. The number of carbonyl (C=O) groups is 1. The number of likely N-dealkylation sites (tertiary alicyclic amines) is 1. The zero-order valence-electron chi connectivity index (χ0n) is 17.6. The summed E-state index contributed by atoms with van der Waals surface area (Å²) >= 11 is 5.85. The van der Waals surface area contributed by atoms with E-state index >= 15 is 0 Å². The van der Waals surface area contributed by atoms with Gasteiger partial charge >= 0.3 is 0 Å². The largest absolute Gasteiger partial charge is 0.303 e. The van der Waals surface area contributed by atoms with E-state index in [4.69, 9.17) is 11.6 Å². The molecule has 1 aromatic carbocycles. The molecular formula is C23H32ClN3O. The first-order valence-electron chi connectivity index (χ1n) is 9.85. The van der Waals surface area contributed by atoms with E-state index in [9.17, 15) is 4.79 Å². The molecule has 0 amide bonds. The van der Waals surface area contributed by atoms with Crippen LogP contribution in [0.2, 0.25) is 5.02 Å². The van der Waals surface area contributed by atoms with Gasteiger partial charge in [-0.25, -0.2) is 0 Å². The van der Waals surface area contributed by atoms with Gasteiger partial charge in [-0.1, -0.05) is 29.8 Å². The minimum Gasteiger partial charge on any atom is -0.303 e. The van der Waals surface area contributed by atoms with Crippen molar-refractivity contribution in [1.29, 1.82) is 0 Å². The van der Waals surface area contributed by atoms with Crippen molar-refractivity contribution < 1.29 is 4.79 Å². The molecule has 28 heavy (non-hydrogen) atoms. The smallest absolute Gasteiger partial charge is 0.179 e. The lowest BCUT2D eigenvalue weighted by Gasteiger charge is -2.25. The molecule has 0 bridgehead atoms. The number of hydrogen-bond donors (Lipinski definition) is 1. The number of Topliss-reactive ketones (excluding diaryl/α,β-unsaturated/α-hetero) is 1. The third kappa shape index (κ3) is 7.01. The monoisotopic (exact) mass is 401 g/mol. The molecule has 1 fully saturated rings. The Morgan fingerprint density at radius 2 is 2.04 bits per heavy atom. The van der Waals surface area contributed by atoms with Crippen molar-refractivity contribution in [3.8, 4) is 0 Å². The van der Waals surface area contributed by atoms with Crippen molar-refractivity contribution in [2.75, 3.05) is 13.6 Å². The summed E-state index contributed by atoms with van der Waals surface area (Å²) in [7, 11) is 2.19. The molecule has 5 heteroatoms. The van der Waals surface area contributed by atoms with Crippen molar-refractivity contribution in [3.63, 3.8) is 0 Å². The first-order chi connectivity index (χ1) is 13.2. The Labute approximate surface area is 174 Å². The average molecular weight is 402 g/mol. The maximum atomic E-state index is 12.1. The molecule has 4 nitrogen and oxygen atoms in total. The lowest BCUT2D eigenvalue weighted by Crippen LogP contribution is -2.46. The van der Waals surface area contributed by atoms with Crippen LogP contribution >= 0.6 is 11.6 Å². The van der Waals surface area contributed by atoms with E-state index in [1.165, 1.54) is 24.9 Å². The van der Waals surface area contributed by atoms with Gasteiger partial charge in [0.2, 0.25) is 0 Å². The Bertz CT molecular complexity index is 758. The van der Waals surface area contributed by atoms with Gasteiger partial charge in [0, 0.05) is 34.6 Å². The molecule has 2 atom stereocenters.